The lowest BCUT2D eigenvalue weighted by molar-refractivity contribution is 0.681. The van der Waals surface area contributed by atoms with E-state index in [0.29, 0.717) is 10.9 Å². The zero-order chi connectivity index (χ0) is 7.28. The van der Waals surface area contributed by atoms with Crippen molar-refractivity contribution in [2.24, 2.45) is 0 Å². The highest BCUT2D eigenvalue weighted by Crippen LogP contribution is 1.72. The topological polar surface area (TPSA) is 41.1 Å². The average Bonchev–Trinajstić information content (AvgIpc) is 1.87. The molecule has 5 heteroatoms. The minimum Gasteiger partial charge on any atom is -0.365 e. The predicted octanol–water partition coefficient (Wildman–Crippen LogP) is -0.236. The lowest BCUT2D eigenvalue weighted by Crippen LogP contribution is -2.34. The van der Waals surface area contributed by atoms with Crippen LogP contribution in [0.15, 0.2) is 0 Å². The van der Waals surface area contributed by atoms with Crippen LogP contribution in [0, 0.1) is 0 Å². The van der Waals surface area contributed by atoms with Crippen LogP contribution in [0.3, 0.4) is 0 Å². The molecule has 0 aliphatic rings. The van der Waals surface area contributed by atoms with Crippen molar-refractivity contribution in [1.82, 2.24) is 10.0 Å². The van der Waals surface area contributed by atoms with E-state index in [1.165, 1.54) is 0 Å². The first-order chi connectivity index (χ1) is 4.20. The van der Waals surface area contributed by atoms with E-state index in [9.17, 15) is 4.21 Å². The maximum atomic E-state index is 10.7. The van der Waals surface area contributed by atoms with Crippen LogP contribution in [0.4, 0.5) is 0 Å². The van der Waals surface area contributed by atoms with Gasteiger partial charge in [0.05, 0.1) is 0 Å². The van der Waals surface area contributed by atoms with Crippen LogP contribution < -0.4 is 10.0 Å². The molecule has 0 aliphatic heterocycles. The normalized spacial score (nSPS) is 12.2. The van der Waals surface area contributed by atoms with E-state index >= 15 is 0 Å². The van der Waals surface area contributed by atoms with E-state index in [2.05, 4.69) is 22.3 Å². The van der Waals surface area contributed by atoms with Crippen LogP contribution in [0.5, 0.6) is 0 Å². The van der Waals surface area contributed by atoms with Gasteiger partial charge >= 0.3 is 0 Å². The molecule has 1 atom stereocenters. The summed E-state index contributed by atoms with van der Waals surface area (Å²) >= 11 is 4.68. The van der Waals surface area contributed by atoms with Crippen LogP contribution in [0.25, 0.3) is 0 Å². The smallest absolute Gasteiger partial charge is 0.177 e. The predicted molar refractivity (Wildman–Crippen MR) is 43.5 cm³/mol. The van der Waals surface area contributed by atoms with E-state index < -0.39 is 11.0 Å². The third-order valence-corrected chi connectivity index (χ3v) is 2.09. The van der Waals surface area contributed by atoms with E-state index in [0.717, 1.165) is 0 Å². The molecule has 0 saturated heterocycles. The number of rotatable bonds is 2. The van der Waals surface area contributed by atoms with Crippen LogP contribution in [-0.4, -0.2) is 22.1 Å². The fourth-order valence-electron chi connectivity index (χ4n) is 0.227. The molecular weight excluding hydrogens is 156 g/mol. The molecule has 2 N–H and O–H groups in total. The first-order valence-electron chi connectivity index (χ1n) is 2.57. The molecule has 54 valence electrons. The lowest BCUT2D eigenvalue weighted by Gasteiger charge is -2.02. The Kier molecular flexibility index (Phi) is 4.61. The van der Waals surface area contributed by atoms with Gasteiger partial charge in [0.2, 0.25) is 0 Å². The second kappa shape index (κ2) is 4.69. The Balaban J connectivity index is 3.47. The van der Waals surface area contributed by atoms with Crippen molar-refractivity contribution in [3.63, 3.8) is 0 Å². The van der Waals surface area contributed by atoms with Crippen LogP contribution in [-0.2, 0) is 11.0 Å². The van der Waals surface area contributed by atoms with E-state index in [1.54, 1.807) is 7.05 Å². The van der Waals surface area contributed by atoms with E-state index in [1.807, 2.05) is 6.92 Å². The van der Waals surface area contributed by atoms with Gasteiger partial charge in [-0.1, -0.05) is 6.92 Å². The highest BCUT2D eigenvalue weighted by Gasteiger charge is 1.94. The molecule has 0 radical (unpaired) electrons. The molecule has 0 spiro atoms. The van der Waals surface area contributed by atoms with Crippen molar-refractivity contribution >= 4 is 28.3 Å². The molecule has 3 nitrogen and oxygen atoms in total. The van der Waals surface area contributed by atoms with Gasteiger partial charge < -0.3 is 5.32 Å². The highest BCUT2D eigenvalue weighted by atomic mass is 32.2. The SMILES string of the molecule is CCS(=O)NC(=S)NC. The molecule has 0 aliphatic carbocycles. The summed E-state index contributed by atoms with van der Waals surface area (Å²) in [7, 11) is 0.672. The Labute approximate surface area is 62.8 Å². The summed E-state index contributed by atoms with van der Waals surface area (Å²) in [4.78, 5) is 0. The Morgan fingerprint density at radius 2 is 2.33 bits per heavy atom. The Morgan fingerprint density at radius 1 is 1.78 bits per heavy atom. The summed E-state index contributed by atoms with van der Waals surface area (Å²) in [5, 5.41) is 3.08. The summed E-state index contributed by atoms with van der Waals surface area (Å²) in [5.74, 6) is 0.571. The van der Waals surface area contributed by atoms with Crippen molar-refractivity contribution in [1.29, 1.82) is 0 Å². The fourth-order valence-corrected chi connectivity index (χ4v) is 0.959. The van der Waals surface area contributed by atoms with Crippen LogP contribution in [0.2, 0.25) is 0 Å². The second-order valence-corrected chi connectivity index (χ2v) is 3.20. The summed E-state index contributed by atoms with van der Waals surface area (Å²) in [5.41, 5.74) is 0. The van der Waals surface area contributed by atoms with Gasteiger partial charge in [-0.15, -0.1) is 0 Å². The first-order valence-corrected chi connectivity index (χ1v) is 4.30. The number of hydrogen-bond acceptors (Lipinski definition) is 2. The molecule has 0 aromatic rings. The molecule has 0 rings (SSSR count). The van der Waals surface area contributed by atoms with Crippen molar-refractivity contribution in [3.05, 3.63) is 0 Å². The van der Waals surface area contributed by atoms with Crippen LogP contribution in [0.1, 0.15) is 6.92 Å². The minimum absolute atomic E-state index is 0.426. The lowest BCUT2D eigenvalue weighted by atomic mass is 11.0. The van der Waals surface area contributed by atoms with Gasteiger partial charge in [0.1, 0.15) is 11.0 Å². The quantitative estimate of drug-likeness (QED) is 0.557. The average molecular weight is 166 g/mol. The summed E-state index contributed by atoms with van der Waals surface area (Å²) in [6.07, 6.45) is 0. The molecule has 0 aromatic carbocycles. The maximum absolute atomic E-state index is 10.7. The van der Waals surface area contributed by atoms with Gasteiger partial charge in [0, 0.05) is 12.8 Å². The van der Waals surface area contributed by atoms with Gasteiger partial charge in [-0.25, -0.2) is 4.21 Å². The van der Waals surface area contributed by atoms with Gasteiger partial charge in [-0.3, -0.25) is 4.72 Å². The number of nitrogens with one attached hydrogen (secondary N) is 2. The molecule has 0 saturated carbocycles. The van der Waals surface area contributed by atoms with Gasteiger partial charge in [-0.05, 0) is 12.2 Å². The summed E-state index contributed by atoms with van der Waals surface area (Å²) < 4.78 is 13.2. The largest absolute Gasteiger partial charge is 0.365 e. The molecule has 1 unspecified atom stereocenters. The number of hydrogen-bond donors (Lipinski definition) is 2. The monoisotopic (exact) mass is 166 g/mol. The Hall–Kier alpha value is -0.160. The molecule has 0 fully saturated rings. The zero-order valence-corrected chi connectivity index (χ0v) is 7.06. The van der Waals surface area contributed by atoms with Crippen molar-refractivity contribution in [2.45, 2.75) is 6.92 Å². The Bertz CT molecular complexity index is 112. The number of thiocarbonyl (C=S) groups is 1. The van der Waals surface area contributed by atoms with E-state index in [-0.39, 0.29) is 0 Å². The third-order valence-electron chi connectivity index (χ3n) is 0.696. The van der Waals surface area contributed by atoms with E-state index in [4.69, 9.17) is 0 Å². The Morgan fingerprint density at radius 3 is 2.67 bits per heavy atom. The fraction of sp³-hybridized carbons (Fsp3) is 0.750. The summed E-state index contributed by atoms with van der Waals surface area (Å²) in [6, 6.07) is 0. The van der Waals surface area contributed by atoms with Crippen molar-refractivity contribution < 1.29 is 4.21 Å². The van der Waals surface area contributed by atoms with Gasteiger partial charge in [0.15, 0.2) is 5.11 Å². The molecular formula is C4H10N2OS2. The van der Waals surface area contributed by atoms with Gasteiger partial charge in [-0.2, -0.15) is 0 Å². The molecule has 9 heavy (non-hydrogen) atoms. The highest BCUT2D eigenvalue weighted by molar-refractivity contribution is 7.86. The standard InChI is InChI=1S/C4H10N2OS2/c1-3-9(7)6-4(8)5-2/h3H2,1-2H3,(H2,5,6,8). The molecule has 0 aromatic heterocycles. The summed E-state index contributed by atoms with van der Waals surface area (Å²) in [6.45, 7) is 1.82. The third kappa shape index (κ3) is 4.35. The minimum atomic E-state index is -1.01. The first kappa shape index (κ1) is 8.84. The maximum Gasteiger partial charge on any atom is 0.177 e. The van der Waals surface area contributed by atoms with Gasteiger partial charge in [0.25, 0.3) is 0 Å². The van der Waals surface area contributed by atoms with Crippen LogP contribution >= 0.6 is 12.2 Å². The van der Waals surface area contributed by atoms with Crippen molar-refractivity contribution in [2.75, 3.05) is 12.8 Å². The zero-order valence-electron chi connectivity index (χ0n) is 5.43. The molecule has 0 heterocycles. The second-order valence-electron chi connectivity index (χ2n) is 1.32. The molecule has 0 amide bonds. The molecule has 0 bridgehead atoms. The van der Waals surface area contributed by atoms with Crippen molar-refractivity contribution in [3.8, 4) is 0 Å².